The number of ether oxygens (including phenoxy) is 1. The molecule has 0 radical (unpaired) electrons. The second-order valence-corrected chi connectivity index (χ2v) is 2.55. The van der Waals surface area contributed by atoms with E-state index in [0.29, 0.717) is 13.2 Å². The normalized spacial score (nSPS) is 16.8. The molecule has 0 aliphatic carbocycles. The van der Waals surface area contributed by atoms with E-state index < -0.39 is 0 Å². The van der Waals surface area contributed by atoms with Gasteiger partial charge >= 0.3 is 0 Å². The molecule has 1 fully saturated rings. The van der Waals surface area contributed by atoms with Crippen LogP contribution in [0.3, 0.4) is 0 Å². The third-order valence-corrected chi connectivity index (χ3v) is 1.73. The molecule has 1 aliphatic heterocycles. The van der Waals surface area contributed by atoms with Crippen LogP contribution in [0.5, 0.6) is 0 Å². The molecule has 2 heterocycles. The van der Waals surface area contributed by atoms with Crippen LogP contribution in [0.4, 0.5) is 0 Å². The van der Waals surface area contributed by atoms with Crippen molar-refractivity contribution < 1.29 is 26.5 Å². The zero-order valence-corrected chi connectivity index (χ0v) is 7.70. The molecule has 0 spiro atoms. The average Bonchev–Trinajstić information content (AvgIpc) is 2.54. The van der Waals surface area contributed by atoms with E-state index in [0.717, 1.165) is 13.1 Å². The van der Waals surface area contributed by atoms with E-state index in [9.17, 15) is 0 Å². The summed E-state index contributed by atoms with van der Waals surface area (Å²) in [6, 6.07) is 0. The predicted octanol–water partition coefficient (Wildman–Crippen LogP) is -5.02. The monoisotopic (exact) mass is 205 g/mol. The zero-order valence-electron chi connectivity index (χ0n) is 6.94. The van der Waals surface area contributed by atoms with Crippen LogP contribution in [0.15, 0.2) is 10.7 Å². The quantitative estimate of drug-likeness (QED) is 0.466. The lowest BCUT2D eigenvalue weighted by molar-refractivity contribution is -0.765. The summed E-state index contributed by atoms with van der Waals surface area (Å²) in [6.45, 7) is 2.98. The molecule has 1 N–H and O–H groups in total. The average molecular weight is 206 g/mol. The van der Waals surface area contributed by atoms with Crippen molar-refractivity contribution in [3.05, 3.63) is 11.8 Å². The van der Waals surface area contributed by atoms with Gasteiger partial charge in [0, 0.05) is 13.1 Å². The lowest BCUT2D eigenvalue weighted by atomic mass is 10.5. The molecule has 1 saturated heterocycles. The zero-order chi connectivity index (χ0) is 8.39. The second kappa shape index (κ2) is 4.29. The minimum Gasteiger partial charge on any atom is -1.00 e. The lowest BCUT2D eigenvalue weighted by Crippen LogP contribution is -3.00. The van der Waals surface area contributed by atoms with E-state index in [1.807, 2.05) is 5.01 Å². The van der Waals surface area contributed by atoms with E-state index in [4.69, 9.17) is 10.1 Å². The molecular formula is C6H10ClN4O2-. The van der Waals surface area contributed by atoms with Crippen molar-refractivity contribution in [3.63, 3.8) is 0 Å². The van der Waals surface area contributed by atoms with Crippen molar-refractivity contribution >= 4 is 0 Å². The van der Waals surface area contributed by atoms with Crippen LogP contribution in [0.2, 0.25) is 0 Å². The van der Waals surface area contributed by atoms with Crippen LogP contribution in [-0.4, -0.2) is 26.3 Å². The number of nitrogens with one attached hydrogen (secondary N) is 1. The number of morpholine rings is 1. The second-order valence-electron chi connectivity index (χ2n) is 2.55. The molecule has 6 nitrogen and oxygen atoms in total. The highest BCUT2D eigenvalue weighted by molar-refractivity contribution is 4.71. The molecule has 1 aromatic rings. The van der Waals surface area contributed by atoms with Gasteiger partial charge in [-0.1, -0.05) is 4.79 Å². The molecule has 0 atom stereocenters. The standard InChI is InChI=1S/C6H10N4O2.ClH/c7-6-5-10(8-12-6)9-1-3-11-4-2-9;/h5,7H,1-4H2;1H/p-1. The number of halogens is 1. The van der Waals surface area contributed by atoms with Crippen molar-refractivity contribution in [2.75, 3.05) is 31.3 Å². The molecule has 1 aliphatic rings. The summed E-state index contributed by atoms with van der Waals surface area (Å²) in [5, 5.41) is 12.8. The van der Waals surface area contributed by atoms with Crippen LogP contribution in [-0.2, 0) is 4.74 Å². The Hall–Kier alpha value is -1.01. The van der Waals surface area contributed by atoms with Crippen LogP contribution in [0.25, 0.3) is 0 Å². The summed E-state index contributed by atoms with van der Waals surface area (Å²) in [5.41, 5.74) is 0.0708. The fourth-order valence-electron chi connectivity index (χ4n) is 1.13. The van der Waals surface area contributed by atoms with Crippen molar-refractivity contribution in [2.24, 2.45) is 0 Å². The summed E-state index contributed by atoms with van der Waals surface area (Å²) in [4.78, 5) is 1.55. The molecule has 0 aromatic carbocycles. The SMILES string of the molecule is N=c1c[n+](N2CCOCC2)[n-]o1.[Cl-]. The van der Waals surface area contributed by atoms with E-state index in [2.05, 4.69) is 9.79 Å². The minimum absolute atomic E-state index is 0. The summed E-state index contributed by atoms with van der Waals surface area (Å²) < 4.78 is 9.78. The molecule has 1 aromatic heterocycles. The van der Waals surface area contributed by atoms with Crippen LogP contribution in [0.1, 0.15) is 0 Å². The first-order valence-electron chi connectivity index (χ1n) is 3.79. The van der Waals surface area contributed by atoms with Gasteiger partial charge < -0.3 is 21.7 Å². The Labute approximate surface area is 80.9 Å². The first-order chi connectivity index (χ1) is 5.86. The molecule has 0 saturated carbocycles. The number of rotatable bonds is 1. The van der Waals surface area contributed by atoms with Gasteiger partial charge in [-0.2, -0.15) is 0 Å². The first-order valence-corrected chi connectivity index (χ1v) is 3.79. The van der Waals surface area contributed by atoms with Gasteiger partial charge in [0.25, 0.3) is 11.8 Å². The number of aromatic nitrogens is 2. The van der Waals surface area contributed by atoms with Crippen molar-refractivity contribution in [3.8, 4) is 0 Å². The van der Waals surface area contributed by atoms with Gasteiger partial charge in [-0.3, -0.25) is 10.4 Å². The van der Waals surface area contributed by atoms with Crippen molar-refractivity contribution in [1.29, 1.82) is 5.41 Å². The largest absolute Gasteiger partial charge is 1.00 e. The third-order valence-electron chi connectivity index (χ3n) is 1.73. The highest BCUT2D eigenvalue weighted by Crippen LogP contribution is 1.87. The fourth-order valence-corrected chi connectivity index (χ4v) is 1.13. The maximum Gasteiger partial charge on any atom is 0.286 e. The topological polar surface area (TPSA) is 67.4 Å². The fraction of sp³-hybridized carbons (Fsp3) is 0.667. The Morgan fingerprint density at radius 2 is 2.15 bits per heavy atom. The minimum atomic E-state index is 0. The molecular weight excluding hydrogens is 196 g/mol. The number of hydrogen-bond acceptors (Lipinski definition) is 4. The molecule has 7 heteroatoms. The maximum absolute atomic E-state index is 7.13. The molecule has 0 amide bonds. The lowest BCUT2D eigenvalue weighted by Gasteiger charge is -2.26. The Balaban J connectivity index is 0.000000845. The van der Waals surface area contributed by atoms with Crippen molar-refractivity contribution in [2.45, 2.75) is 0 Å². The summed E-state index contributed by atoms with van der Waals surface area (Å²) in [7, 11) is 0. The van der Waals surface area contributed by atoms with Gasteiger partial charge in [0.1, 0.15) is 0 Å². The van der Waals surface area contributed by atoms with E-state index >= 15 is 0 Å². The van der Waals surface area contributed by atoms with Gasteiger partial charge in [0.2, 0.25) is 0 Å². The third kappa shape index (κ3) is 2.22. The first kappa shape index (κ1) is 10.1. The summed E-state index contributed by atoms with van der Waals surface area (Å²) in [6.07, 6.45) is 1.53. The van der Waals surface area contributed by atoms with E-state index in [-0.39, 0.29) is 18.0 Å². The summed E-state index contributed by atoms with van der Waals surface area (Å²) in [5.74, 6) is 0. The van der Waals surface area contributed by atoms with Crippen LogP contribution >= 0.6 is 0 Å². The van der Waals surface area contributed by atoms with Crippen molar-refractivity contribution in [1.82, 2.24) is 5.27 Å². The van der Waals surface area contributed by atoms with E-state index in [1.54, 1.807) is 4.79 Å². The van der Waals surface area contributed by atoms with Crippen LogP contribution in [0, 0.1) is 5.41 Å². The molecule has 74 valence electrons. The van der Waals surface area contributed by atoms with Gasteiger partial charge in [-0.15, -0.1) is 0 Å². The number of hydrogen-bond donors (Lipinski definition) is 1. The number of nitrogens with zero attached hydrogens (tertiary/aromatic N) is 3. The summed E-state index contributed by atoms with van der Waals surface area (Å²) >= 11 is 0. The van der Waals surface area contributed by atoms with Gasteiger partial charge in [-0.25, -0.2) is 0 Å². The molecule has 0 unspecified atom stereocenters. The van der Waals surface area contributed by atoms with E-state index in [1.165, 1.54) is 6.20 Å². The Morgan fingerprint density at radius 1 is 1.46 bits per heavy atom. The molecule has 2 rings (SSSR count). The van der Waals surface area contributed by atoms with Gasteiger partial charge in [0.15, 0.2) is 0 Å². The van der Waals surface area contributed by atoms with Crippen LogP contribution < -0.4 is 33.0 Å². The van der Waals surface area contributed by atoms with Gasteiger partial charge in [0.05, 0.1) is 13.2 Å². The Kier molecular flexibility index (Phi) is 3.32. The Morgan fingerprint density at radius 3 is 2.69 bits per heavy atom. The highest BCUT2D eigenvalue weighted by atomic mass is 35.5. The Bertz CT molecular complexity index is 304. The smallest absolute Gasteiger partial charge is 0.286 e. The molecule has 0 bridgehead atoms. The molecule has 13 heavy (non-hydrogen) atoms. The predicted molar refractivity (Wildman–Crippen MR) is 36.8 cm³/mol. The maximum atomic E-state index is 7.13. The highest BCUT2D eigenvalue weighted by Gasteiger charge is 2.11. The van der Waals surface area contributed by atoms with Gasteiger partial charge in [-0.05, 0) is 5.27 Å².